The van der Waals surface area contributed by atoms with Crippen LogP contribution in [-0.4, -0.2) is 15.4 Å². The summed E-state index contributed by atoms with van der Waals surface area (Å²) in [5, 5.41) is 0. The van der Waals surface area contributed by atoms with Crippen LogP contribution < -0.4 is 0 Å². The first-order chi connectivity index (χ1) is 14.6. The molecule has 0 aromatic carbocycles. The van der Waals surface area contributed by atoms with Crippen LogP contribution >= 0.6 is 7.82 Å². The third-order valence-corrected chi connectivity index (χ3v) is 7.00. The molecule has 0 aliphatic carbocycles. The Kier molecular flexibility index (Phi) is 18.6. The maximum atomic E-state index is 11.9. The lowest BCUT2D eigenvalue weighted by Gasteiger charge is -2.34. The van der Waals surface area contributed by atoms with Gasteiger partial charge in [0.05, 0.1) is 5.60 Å². The molecule has 0 aliphatic heterocycles. The molecule has 0 radical (unpaired) electrons. The topological polar surface area (TPSA) is 66.8 Å². The summed E-state index contributed by atoms with van der Waals surface area (Å²) in [5.41, 5.74) is -0.655. The molecule has 5 heteroatoms. The van der Waals surface area contributed by atoms with Crippen molar-refractivity contribution in [3.8, 4) is 0 Å². The number of hydrogen-bond donors (Lipinski definition) is 2. The Hall–Kier alpha value is 0.110. The quantitative estimate of drug-likeness (QED) is 0.124. The molecule has 0 bridgehead atoms. The number of rotatable bonds is 22. The Morgan fingerprint density at radius 2 is 1.00 bits per heavy atom. The van der Waals surface area contributed by atoms with Crippen LogP contribution in [0.4, 0.5) is 0 Å². The van der Waals surface area contributed by atoms with Gasteiger partial charge in [0.1, 0.15) is 0 Å². The number of phosphoric ester groups is 1. The van der Waals surface area contributed by atoms with Gasteiger partial charge in [0, 0.05) is 0 Å². The van der Waals surface area contributed by atoms with E-state index >= 15 is 0 Å². The van der Waals surface area contributed by atoms with Gasteiger partial charge in [0.15, 0.2) is 0 Å². The second-order valence-corrected chi connectivity index (χ2v) is 11.8. The lowest BCUT2D eigenvalue weighted by atomic mass is 9.84. The average molecular weight is 463 g/mol. The van der Waals surface area contributed by atoms with Crippen LogP contribution in [0.3, 0.4) is 0 Å². The lowest BCUT2D eigenvalue weighted by molar-refractivity contribution is 0.00529. The van der Waals surface area contributed by atoms with E-state index in [-0.39, 0.29) is 0 Å². The van der Waals surface area contributed by atoms with Crippen molar-refractivity contribution in [3.63, 3.8) is 0 Å². The fourth-order valence-electron chi connectivity index (χ4n) is 4.52. The van der Waals surface area contributed by atoms with E-state index in [9.17, 15) is 14.4 Å². The average Bonchev–Trinajstić information content (AvgIpc) is 2.65. The highest BCUT2D eigenvalue weighted by atomic mass is 31.2. The molecule has 188 valence electrons. The third-order valence-electron chi connectivity index (χ3n) is 6.38. The van der Waals surface area contributed by atoms with E-state index in [0.717, 1.165) is 57.8 Å². The number of phosphoric acid groups is 1. The monoisotopic (exact) mass is 462 g/mol. The van der Waals surface area contributed by atoms with Gasteiger partial charge in [0.2, 0.25) is 0 Å². The zero-order valence-electron chi connectivity index (χ0n) is 21.5. The fourth-order valence-corrected chi connectivity index (χ4v) is 5.30. The molecule has 0 saturated carbocycles. The first-order valence-corrected chi connectivity index (χ1v) is 14.9. The first-order valence-electron chi connectivity index (χ1n) is 13.4. The first kappa shape index (κ1) is 31.1. The van der Waals surface area contributed by atoms with Crippen molar-refractivity contribution in [1.29, 1.82) is 0 Å². The SMILES string of the molecule is CCCCCCCCCC(CCCCCC(C)C)(CCCCCC(C)C)OP(=O)(O)O. The molecule has 4 nitrogen and oxygen atoms in total. The van der Waals surface area contributed by atoms with Gasteiger partial charge >= 0.3 is 7.82 Å². The molecule has 0 aromatic heterocycles. The van der Waals surface area contributed by atoms with Gasteiger partial charge in [-0.3, -0.25) is 4.52 Å². The predicted molar refractivity (Wildman–Crippen MR) is 134 cm³/mol. The van der Waals surface area contributed by atoms with Gasteiger partial charge in [-0.25, -0.2) is 4.57 Å². The normalized spacial score (nSPS) is 12.9. The Morgan fingerprint density at radius 3 is 1.35 bits per heavy atom. The van der Waals surface area contributed by atoms with Gasteiger partial charge in [-0.1, -0.05) is 131 Å². The Labute approximate surface area is 194 Å². The second kappa shape index (κ2) is 18.5. The maximum absolute atomic E-state index is 11.9. The second-order valence-electron chi connectivity index (χ2n) is 10.6. The Balaban J connectivity index is 4.83. The van der Waals surface area contributed by atoms with Crippen LogP contribution in [0.1, 0.15) is 150 Å². The molecule has 31 heavy (non-hydrogen) atoms. The Morgan fingerprint density at radius 1 is 0.645 bits per heavy atom. The molecule has 0 amide bonds. The predicted octanol–water partition coefficient (Wildman–Crippen LogP) is 9.19. The van der Waals surface area contributed by atoms with Crippen LogP contribution in [0.25, 0.3) is 0 Å². The van der Waals surface area contributed by atoms with Crippen molar-refractivity contribution < 1.29 is 18.9 Å². The summed E-state index contributed by atoms with van der Waals surface area (Å²) in [6, 6.07) is 0. The van der Waals surface area contributed by atoms with E-state index < -0.39 is 13.4 Å². The van der Waals surface area contributed by atoms with Crippen LogP contribution in [0.5, 0.6) is 0 Å². The van der Waals surface area contributed by atoms with Gasteiger partial charge in [0.25, 0.3) is 0 Å². The van der Waals surface area contributed by atoms with Crippen LogP contribution in [0, 0.1) is 11.8 Å². The highest BCUT2D eigenvalue weighted by Gasteiger charge is 2.36. The summed E-state index contributed by atoms with van der Waals surface area (Å²) in [4.78, 5) is 19.4. The minimum absolute atomic E-state index is 0.655. The minimum Gasteiger partial charge on any atom is -0.303 e. The van der Waals surface area contributed by atoms with E-state index in [0.29, 0.717) is 11.8 Å². The molecule has 2 N–H and O–H groups in total. The van der Waals surface area contributed by atoms with Crippen LogP contribution in [0.15, 0.2) is 0 Å². The van der Waals surface area contributed by atoms with Crippen molar-refractivity contribution in [3.05, 3.63) is 0 Å². The van der Waals surface area contributed by atoms with Crippen molar-refractivity contribution >= 4 is 7.82 Å². The molecular formula is C26H55O4P. The van der Waals surface area contributed by atoms with Crippen molar-refractivity contribution in [2.75, 3.05) is 0 Å². The Bertz CT molecular complexity index is 427. The summed E-state index contributed by atoms with van der Waals surface area (Å²) in [7, 11) is -4.50. The van der Waals surface area contributed by atoms with Gasteiger partial charge in [-0.15, -0.1) is 0 Å². The largest absolute Gasteiger partial charge is 0.470 e. The third kappa shape index (κ3) is 20.4. The van der Waals surface area contributed by atoms with Gasteiger partial charge in [-0.2, -0.15) is 0 Å². The molecule has 0 unspecified atom stereocenters. The molecule has 0 saturated heterocycles. The summed E-state index contributed by atoms with van der Waals surface area (Å²) in [6.45, 7) is 11.2. The van der Waals surface area contributed by atoms with Gasteiger partial charge in [-0.05, 0) is 31.1 Å². The fraction of sp³-hybridized carbons (Fsp3) is 1.00. The van der Waals surface area contributed by atoms with E-state index in [1.54, 1.807) is 0 Å². The van der Waals surface area contributed by atoms with E-state index in [1.165, 1.54) is 57.8 Å². The summed E-state index contributed by atoms with van der Waals surface area (Å²) >= 11 is 0. The number of unbranched alkanes of at least 4 members (excludes halogenated alkanes) is 10. The molecule has 0 rings (SSSR count). The highest BCUT2D eigenvalue weighted by molar-refractivity contribution is 7.46. The molecule has 0 aliphatic rings. The zero-order valence-corrected chi connectivity index (χ0v) is 22.4. The smallest absolute Gasteiger partial charge is 0.303 e. The lowest BCUT2D eigenvalue weighted by Crippen LogP contribution is -2.32. The molecule has 0 aromatic rings. The highest BCUT2D eigenvalue weighted by Crippen LogP contribution is 2.47. The van der Waals surface area contributed by atoms with Crippen molar-refractivity contribution in [2.24, 2.45) is 11.8 Å². The maximum Gasteiger partial charge on any atom is 0.470 e. The molecule has 0 spiro atoms. The van der Waals surface area contributed by atoms with E-state index in [4.69, 9.17) is 4.52 Å². The minimum atomic E-state index is -4.50. The zero-order chi connectivity index (χ0) is 23.6. The van der Waals surface area contributed by atoms with Crippen LogP contribution in [-0.2, 0) is 9.09 Å². The summed E-state index contributed by atoms with van der Waals surface area (Å²) in [5.74, 6) is 1.43. The van der Waals surface area contributed by atoms with Gasteiger partial charge < -0.3 is 9.79 Å². The molecule has 0 fully saturated rings. The van der Waals surface area contributed by atoms with Crippen molar-refractivity contribution in [1.82, 2.24) is 0 Å². The number of hydrogen-bond acceptors (Lipinski definition) is 2. The van der Waals surface area contributed by atoms with E-state index in [2.05, 4.69) is 34.6 Å². The van der Waals surface area contributed by atoms with Crippen LogP contribution in [0.2, 0.25) is 0 Å². The summed E-state index contributed by atoms with van der Waals surface area (Å²) in [6.07, 6.45) is 19.9. The van der Waals surface area contributed by atoms with Crippen molar-refractivity contribution in [2.45, 2.75) is 156 Å². The molecule has 0 heterocycles. The van der Waals surface area contributed by atoms with E-state index in [1.807, 2.05) is 0 Å². The molecular weight excluding hydrogens is 407 g/mol. The molecule has 0 atom stereocenters. The summed E-state index contributed by atoms with van der Waals surface area (Å²) < 4.78 is 17.5. The standard InChI is InChI=1S/C26H55O4P/c1-6-7-8-9-10-11-16-21-26(30-31(27,28)29,22-17-12-14-19-24(2)3)23-18-13-15-20-25(4)5/h24-25H,6-23H2,1-5H3,(H2,27,28,29).